The molecule has 6 heteroatoms. The van der Waals surface area contributed by atoms with Crippen molar-refractivity contribution in [3.8, 4) is 0 Å². The number of H-pyrrole nitrogens is 1. The second kappa shape index (κ2) is 3.14. The number of aromatic nitrogens is 3. The molecule has 1 aromatic heterocycles. The minimum Gasteiger partial charge on any atom is -0.369 e. The average molecular weight is 169 g/mol. The highest BCUT2D eigenvalue weighted by atomic mass is 16.3. The van der Waals surface area contributed by atoms with E-state index in [2.05, 4.69) is 11.7 Å². The van der Waals surface area contributed by atoms with Gasteiger partial charge in [0, 0.05) is 0 Å². The number of aliphatic hydroxyl groups excluding tert-OH is 1. The molecule has 0 radical (unpaired) electrons. The fraction of sp³-hybridized carbons (Fsp3) is 0.167. The van der Waals surface area contributed by atoms with Crippen LogP contribution in [-0.4, -0.2) is 19.9 Å². The third-order valence-electron chi connectivity index (χ3n) is 1.27. The van der Waals surface area contributed by atoms with Crippen LogP contribution in [0.2, 0.25) is 0 Å². The van der Waals surface area contributed by atoms with Gasteiger partial charge in [-0.05, 0) is 6.08 Å². The zero-order chi connectivity index (χ0) is 9.14. The second-order valence-corrected chi connectivity index (χ2v) is 2.05. The lowest BCUT2D eigenvalue weighted by molar-refractivity contribution is 0.148. The van der Waals surface area contributed by atoms with Crippen molar-refractivity contribution in [1.29, 1.82) is 0 Å². The summed E-state index contributed by atoms with van der Waals surface area (Å²) in [6.45, 7) is 3.26. The van der Waals surface area contributed by atoms with E-state index in [0.29, 0.717) is 0 Å². The third-order valence-corrected chi connectivity index (χ3v) is 1.27. The van der Waals surface area contributed by atoms with E-state index in [1.54, 1.807) is 0 Å². The Labute approximate surface area is 66.8 Å². The van der Waals surface area contributed by atoms with E-state index in [9.17, 15) is 9.59 Å². The molecule has 2 N–H and O–H groups in total. The Hall–Kier alpha value is -1.69. The summed E-state index contributed by atoms with van der Waals surface area (Å²) in [6.07, 6.45) is 0.922. The van der Waals surface area contributed by atoms with Crippen molar-refractivity contribution < 1.29 is 5.11 Å². The molecule has 0 saturated carbocycles. The van der Waals surface area contributed by atoms with Crippen LogP contribution in [0.4, 0.5) is 0 Å². The molecule has 12 heavy (non-hydrogen) atoms. The van der Waals surface area contributed by atoms with Gasteiger partial charge >= 0.3 is 11.1 Å². The van der Waals surface area contributed by atoms with Gasteiger partial charge in [0.1, 0.15) is 6.33 Å². The molecule has 1 atom stereocenters. The van der Waals surface area contributed by atoms with Crippen LogP contribution < -0.4 is 11.1 Å². The number of hydrogen-bond donors (Lipinski definition) is 2. The maximum atomic E-state index is 10.9. The normalized spacial score (nSPS) is 12.4. The van der Waals surface area contributed by atoms with Gasteiger partial charge in [-0.1, -0.05) is 6.58 Å². The van der Waals surface area contributed by atoms with Crippen molar-refractivity contribution in [2.24, 2.45) is 0 Å². The monoisotopic (exact) mass is 169 g/mol. The molecular formula is C6H7N3O3. The maximum Gasteiger partial charge on any atom is 0.330 e. The molecule has 1 rings (SSSR count). The molecule has 0 spiro atoms. The van der Waals surface area contributed by atoms with Crippen LogP contribution in [0.1, 0.15) is 6.23 Å². The predicted octanol–water partition coefficient (Wildman–Crippen LogP) is -1.39. The second-order valence-electron chi connectivity index (χ2n) is 2.05. The Balaban J connectivity index is 3.35. The van der Waals surface area contributed by atoms with Gasteiger partial charge < -0.3 is 5.11 Å². The summed E-state index contributed by atoms with van der Waals surface area (Å²) in [5.41, 5.74) is -1.74. The highest BCUT2D eigenvalue weighted by molar-refractivity contribution is 4.83. The highest BCUT2D eigenvalue weighted by Crippen LogP contribution is 1.93. The SMILES string of the molecule is C=CC(O)n1cn[nH]c(=O)c1=O. The molecular weight excluding hydrogens is 162 g/mol. The van der Waals surface area contributed by atoms with Crippen molar-refractivity contribution in [1.82, 2.24) is 14.8 Å². The summed E-state index contributed by atoms with van der Waals surface area (Å²) in [7, 11) is 0. The summed E-state index contributed by atoms with van der Waals surface area (Å²) in [5, 5.41) is 14.4. The molecule has 0 amide bonds. The first kappa shape index (κ1) is 8.41. The molecule has 0 bridgehead atoms. The van der Waals surface area contributed by atoms with E-state index in [1.807, 2.05) is 5.10 Å². The molecule has 1 heterocycles. The minimum atomic E-state index is -1.22. The molecule has 1 aromatic rings. The third kappa shape index (κ3) is 1.32. The fourth-order valence-corrected chi connectivity index (χ4v) is 0.669. The van der Waals surface area contributed by atoms with Crippen molar-refractivity contribution in [2.75, 3.05) is 0 Å². The molecule has 0 saturated heterocycles. The smallest absolute Gasteiger partial charge is 0.330 e. The van der Waals surface area contributed by atoms with Crippen LogP contribution in [-0.2, 0) is 0 Å². The van der Waals surface area contributed by atoms with Gasteiger partial charge in [-0.15, -0.1) is 0 Å². The lowest BCUT2D eigenvalue weighted by Gasteiger charge is -2.05. The molecule has 1 unspecified atom stereocenters. The van der Waals surface area contributed by atoms with Gasteiger partial charge in [0.25, 0.3) is 0 Å². The van der Waals surface area contributed by atoms with Gasteiger partial charge in [-0.3, -0.25) is 14.2 Å². The van der Waals surface area contributed by atoms with Crippen LogP contribution in [0.3, 0.4) is 0 Å². The van der Waals surface area contributed by atoms with Crippen LogP contribution in [0, 0.1) is 0 Å². The first-order valence-corrected chi connectivity index (χ1v) is 3.13. The van der Waals surface area contributed by atoms with Crippen LogP contribution in [0.25, 0.3) is 0 Å². The zero-order valence-corrected chi connectivity index (χ0v) is 6.10. The van der Waals surface area contributed by atoms with E-state index in [0.717, 1.165) is 17.0 Å². The fourth-order valence-electron chi connectivity index (χ4n) is 0.669. The molecule has 0 aliphatic carbocycles. The Morgan fingerprint density at radius 3 is 3.00 bits per heavy atom. The van der Waals surface area contributed by atoms with Gasteiger partial charge in [0.15, 0.2) is 6.23 Å². The molecule has 0 aromatic carbocycles. The van der Waals surface area contributed by atoms with Crippen LogP contribution in [0.5, 0.6) is 0 Å². The molecule has 64 valence electrons. The molecule has 0 aliphatic rings. The largest absolute Gasteiger partial charge is 0.369 e. The first-order chi connectivity index (χ1) is 5.66. The minimum absolute atomic E-state index is 0.770. The summed E-state index contributed by atoms with van der Waals surface area (Å²) in [4.78, 5) is 21.6. The summed E-state index contributed by atoms with van der Waals surface area (Å²) in [6, 6.07) is 0. The summed E-state index contributed by atoms with van der Waals surface area (Å²) >= 11 is 0. The van der Waals surface area contributed by atoms with Gasteiger partial charge in [0.05, 0.1) is 0 Å². The van der Waals surface area contributed by atoms with Crippen molar-refractivity contribution >= 4 is 0 Å². The molecule has 6 nitrogen and oxygen atoms in total. The standard InChI is InChI=1S/C6H7N3O3/c1-2-4(10)9-3-7-8-5(11)6(9)12/h2-4,10H,1H2,(H,8,11). The predicted molar refractivity (Wildman–Crippen MR) is 40.6 cm³/mol. The number of aromatic amines is 1. The Bertz CT molecular complexity index is 392. The Morgan fingerprint density at radius 2 is 2.42 bits per heavy atom. The molecule has 0 aliphatic heterocycles. The first-order valence-electron chi connectivity index (χ1n) is 3.13. The van der Waals surface area contributed by atoms with Crippen molar-refractivity contribution in [3.63, 3.8) is 0 Å². The van der Waals surface area contributed by atoms with E-state index in [1.165, 1.54) is 0 Å². The number of nitrogens with zero attached hydrogens (tertiary/aromatic N) is 2. The van der Waals surface area contributed by atoms with Crippen molar-refractivity contribution in [3.05, 3.63) is 39.7 Å². The summed E-state index contributed by atoms with van der Waals surface area (Å²) in [5.74, 6) is 0. The van der Waals surface area contributed by atoms with Gasteiger partial charge in [0.2, 0.25) is 0 Å². The average Bonchev–Trinajstić information content (AvgIpc) is 2.08. The van der Waals surface area contributed by atoms with E-state index in [4.69, 9.17) is 5.11 Å². The van der Waals surface area contributed by atoms with Gasteiger partial charge in [-0.25, -0.2) is 5.10 Å². The lowest BCUT2D eigenvalue weighted by Crippen LogP contribution is -2.38. The number of rotatable bonds is 2. The highest BCUT2D eigenvalue weighted by Gasteiger charge is 2.05. The molecule has 0 fully saturated rings. The van der Waals surface area contributed by atoms with E-state index >= 15 is 0 Å². The number of hydrogen-bond acceptors (Lipinski definition) is 4. The van der Waals surface area contributed by atoms with Crippen LogP contribution >= 0.6 is 0 Å². The maximum absolute atomic E-state index is 10.9. The Morgan fingerprint density at radius 1 is 1.75 bits per heavy atom. The van der Waals surface area contributed by atoms with Crippen molar-refractivity contribution in [2.45, 2.75) is 6.23 Å². The number of aliphatic hydroxyl groups is 1. The Kier molecular flexibility index (Phi) is 2.20. The van der Waals surface area contributed by atoms with E-state index < -0.39 is 17.3 Å². The van der Waals surface area contributed by atoms with E-state index in [-0.39, 0.29) is 0 Å². The quantitative estimate of drug-likeness (QED) is 0.421. The lowest BCUT2D eigenvalue weighted by atomic mass is 10.5. The number of nitrogens with one attached hydrogen (secondary N) is 1. The van der Waals surface area contributed by atoms with Crippen LogP contribution in [0.15, 0.2) is 28.6 Å². The topological polar surface area (TPSA) is 88.0 Å². The summed E-state index contributed by atoms with van der Waals surface area (Å²) < 4.78 is 0.770. The zero-order valence-electron chi connectivity index (χ0n) is 6.10. The van der Waals surface area contributed by atoms with Gasteiger partial charge in [-0.2, -0.15) is 5.10 Å².